The van der Waals surface area contributed by atoms with Crippen LogP contribution in [-0.2, 0) is 0 Å². The van der Waals surface area contributed by atoms with Crippen LogP contribution in [0.15, 0.2) is 52.9 Å². The molecule has 0 spiro atoms. The first-order valence-electron chi connectivity index (χ1n) is 10.7. The lowest BCUT2D eigenvalue weighted by atomic mass is 10.00. The lowest BCUT2D eigenvalue weighted by molar-refractivity contribution is 0.103. The van der Waals surface area contributed by atoms with Crippen LogP contribution in [0.1, 0.15) is 27.2 Å². The first-order valence-corrected chi connectivity index (χ1v) is 11.5. The van der Waals surface area contributed by atoms with Crippen LogP contribution in [0.2, 0.25) is 0 Å². The van der Waals surface area contributed by atoms with Crippen LogP contribution < -0.4 is 9.47 Å². The molecule has 5 aromatic rings. The van der Waals surface area contributed by atoms with Crippen molar-refractivity contribution in [1.29, 1.82) is 0 Å². The maximum Gasteiger partial charge on any atom is 0.242 e. The third-order valence-corrected chi connectivity index (χ3v) is 6.76. The fraction of sp³-hybridized carbons (Fsp3) is 0.154. The Bertz CT molecular complexity index is 1590. The topological polar surface area (TPSA) is 107 Å². The summed E-state index contributed by atoms with van der Waals surface area (Å²) in [5.41, 5.74) is 1.89. The van der Waals surface area contributed by atoms with Crippen LogP contribution in [0.3, 0.4) is 0 Å². The number of furan rings is 1. The Morgan fingerprint density at radius 1 is 1.03 bits per heavy atom. The number of nitrogens with zero attached hydrogens (tertiary/aromatic N) is 2. The Labute approximate surface area is 204 Å². The predicted octanol–water partition coefficient (Wildman–Crippen LogP) is 5.62. The van der Waals surface area contributed by atoms with Crippen LogP contribution in [0.25, 0.3) is 26.8 Å². The second-order valence-electron chi connectivity index (χ2n) is 7.99. The number of aromatic nitrogens is 2. The number of methoxy groups -OCH3 is 2. The van der Waals surface area contributed by atoms with Crippen molar-refractivity contribution in [3.8, 4) is 39.7 Å². The highest BCUT2D eigenvalue weighted by molar-refractivity contribution is 7.20. The molecule has 8 nitrogen and oxygen atoms in total. The Balaban J connectivity index is 1.76. The van der Waals surface area contributed by atoms with Gasteiger partial charge < -0.3 is 24.1 Å². The number of ketones is 1. The van der Waals surface area contributed by atoms with E-state index < -0.39 is 17.4 Å². The normalized spacial score (nSPS) is 11.2. The Morgan fingerprint density at radius 3 is 2.49 bits per heavy atom. The van der Waals surface area contributed by atoms with Gasteiger partial charge in [0.25, 0.3) is 0 Å². The summed E-state index contributed by atoms with van der Waals surface area (Å²) in [6, 6.07) is 13.8. The maximum atomic E-state index is 13.7. The number of thiazole rings is 1. The largest absolute Gasteiger partial charge is 0.503 e. The minimum absolute atomic E-state index is 0.0850. The van der Waals surface area contributed by atoms with E-state index in [2.05, 4.69) is 4.98 Å². The first kappa shape index (κ1) is 22.5. The fourth-order valence-electron chi connectivity index (χ4n) is 4.02. The van der Waals surface area contributed by atoms with E-state index in [4.69, 9.17) is 13.9 Å². The van der Waals surface area contributed by atoms with Gasteiger partial charge in [-0.15, -0.1) is 0 Å². The standard InChI is InChI=1S/C26H22N2O6S/c1-13-11-15(6-10-18(13)33-4)23(29)21-22(19-9-5-14(2)34-19)28(25(31)24(21)30)26-27-17-8-7-16(32-3)12-20(17)35-26/h5-12,30-31H,1-4H3. The summed E-state index contributed by atoms with van der Waals surface area (Å²) in [5, 5.41) is 22.4. The molecule has 2 N–H and O–H groups in total. The van der Waals surface area contributed by atoms with E-state index in [1.165, 1.54) is 15.9 Å². The van der Waals surface area contributed by atoms with E-state index in [1.54, 1.807) is 63.6 Å². The van der Waals surface area contributed by atoms with Gasteiger partial charge in [0.05, 0.1) is 30.0 Å². The molecule has 0 aliphatic rings. The molecule has 0 radical (unpaired) electrons. The highest BCUT2D eigenvalue weighted by Gasteiger charge is 2.32. The SMILES string of the molecule is COc1ccc2nc(-n3c(O)c(O)c(C(=O)c4ccc(OC)c(C)c4)c3-c3ccc(C)o3)sc2c1. The third-order valence-electron chi connectivity index (χ3n) is 5.75. The van der Waals surface area contributed by atoms with E-state index in [-0.39, 0.29) is 11.3 Å². The number of aromatic hydroxyl groups is 2. The van der Waals surface area contributed by atoms with Crippen molar-refractivity contribution in [3.05, 3.63) is 71.0 Å². The number of carbonyl (C=O) groups is 1. The van der Waals surface area contributed by atoms with E-state index in [1.807, 2.05) is 13.0 Å². The maximum absolute atomic E-state index is 13.7. The van der Waals surface area contributed by atoms with Gasteiger partial charge in [-0.2, -0.15) is 0 Å². The average Bonchev–Trinajstić information content (AvgIpc) is 3.53. The number of carbonyl (C=O) groups excluding carboxylic acids is 1. The Hall–Kier alpha value is -4.24. The minimum atomic E-state index is -0.552. The van der Waals surface area contributed by atoms with Crippen LogP contribution in [0, 0.1) is 13.8 Å². The summed E-state index contributed by atoms with van der Waals surface area (Å²) in [4.78, 5) is 18.3. The van der Waals surface area contributed by atoms with Crippen molar-refractivity contribution >= 4 is 27.3 Å². The monoisotopic (exact) mass is 490 g/mol. The summed E-state index contributed by atoms with van der Waals surface area (Å²) >= 11 is 1.28. The molecule has 0 unspecified atom stereocenters. The van der Waals surface area contributed by atoms with E-state index in [0.717, 1.165) is 10.3 Å². The smallest absolute Gasteiger partial charge is 0.242 e. The van der Waals surface area contributed by atoms with Crippen molar-refractivity contribution < 1.29 is 28.9 Å². The van der Waals surface area contributed by atoms with Gasteiger partial charge in [-0.05, 0) is 67.9 Å². The molecule has 3 heterocycles. The fourth-order valence-corrected chi connectivity index (χ4v) is 5.03. The third kappa shape index (κ3) is 3.70. The Kier molecular flexibility index (Phi) is 5.49. The first-order chi connectivity index (χ1) is 16.8. The van der Waals surface area contributed by atoms with Crippen LogP contribution in [0.4, 0.5) is 0 Å². The zero-order valence-electron chi connectivity index (χ0n) is 19.4. The molecule has 9 heteroatoms. The van der Waals surface area contributed by atoms with Gasteiger partial charge in [0.2, 0.25) is 5.88 Å². The lowest BCUT2D eigenvalue weighted by Gasteiger charge is -2.09. The summed E-state index contributed by atoms with van der Waals surface area (Å²) in [5.74, 6) is 0.688. The molecular weight excluding hydrogens is 468 g/mol. The number of hydrogen-bond donors (Lipinski definition) is 2. The Morgan fingerprint density at radius 2 is 1.83 bits per heavy atom. The number of aryl methyl sites for hydroxylation is 2. The van der Waals surface area contributed by atoms with Gasteiger partial charge >= 0.3 is 0 Å². The van der Waals surface area contributed by atoms with Gasteiger partial charge in [0, 0.05) is 5.56 Å². The summed E-state index contributed by atoms with van der Waals surface area (Å²) in [7, 11) is 3.13. The van der Waals surface area contributed by atoms with Gasteiger partial charge in [-0.25, -0.2) is 9.55 Å². The predicted molar refractivity (Wildman–Crippen MR) is 132 cm³/mol. The highest BCUT2D eigenvalue weighted by atomic mass is 32.1. The quantitative estimate of drug-likeness (QED) is 0.297. The van der Waals surface area contributed by atoms with E-state index >= 15 is 0 Å². The number of rotatable bonds is 6. The molecule has 35 heavy (non-hydrogen) atoms. The van der Waals surface area contributed by atoms with E-state index in [0.29, 0.717) is 39.2 Å². The zero-order chi connectivity index (χ0) is 24.9. The molecule has 178 valence electrons. The highest BCUT2D eigenvalue weighted by Crippen LogP contribution is 2.46. The molecule has 0 atom stereocenters. The van der Waals surface area contributed by atoms with Crippen molar-refractivity contribution in [2.75, 3.05) is 14.2 Å². The second-order valence-corrected chi connectivity index (χ2v) is 8.99. The number of fused-ring (bicyclic) bond motifs is 1. The van der Waals surface area contributed by atoms with Crippen molar-refractivity contribution in [2.24, 2.45) is 0 Å². The molecule has 0 aliphatic carbocycles. The number of benzene rings is 2. The zero-order valence-corrected chi connectivity index (χ0v) is 20.3. The molecule has 2 aromatic carbocycles. The van der Waals surface area contributed by atoms with E-state index in [9.17, 15) is 15.0 Å². The molecular formula is C26H22N2O6S. The molecule has 3 aromatic heterocycles. The van der Waals surface area contributed by atoms with Crippen molar-refractivity contribution in [3.63, 3.8) is 0 Å². The summed E-state index contributed by atoms with van der Waals surface area (Å²) in [6.07, 6.45) is 0. The van der Waals surface area contributed by atoms with Gasteiger partial charge in [-0.3, -0.25) is 4.79 Å². The van der Waals surface area contributed by atoms with Gasteiger partial charge in [-0.1, -0.05) is 11.3 Å². The molecule has 0 bridgehead atoms. The minimum Gasteiger partial charge on any atom is -0.503 e. The molecule has 0 amide bonds. The molecule has 0 fully saturated rings. The average molecular weight is 491 g/mol. The number of ether oxygens (including phenoxy) is 2. The van der Waals surface area contributed by atoms with Crippen LogP contribution in [0.5, 0.6) is 23.1 Å². The lowest BCUT2D eigenvalue weighted by Crippen LogP contribution is -2.05. The molecule has 0 aliphatic heterocycles. The van der Waals surface area contributed by atoms with Crippen LogP contribution in [-0.4, -0.2) is 39.8 Å². The summed E-state index contributed by atoms with van der Waals surface area (Å²) in [6.45, 7) is 3.60. The van der Waals surface area contributed by atoms with Crippen molar-refractivity contribution in [2.45, 2.75) is 13.8 Å². The summed E-state index contributed by atoms with van der Waals surface area (Å²) < 4.78 is 18.6. The molecule has 0 saturated heterocycles. The van der Waals surface area contributed by atoms with Crippen molar-refractivity contribution in [1.82, 2.24) is 9.55 Å². The number of hydrogen-bond acceptors (Lipinski definition) is 8. The van der Waals surface area contributed by atoms with Gasteiger partial charge in [0.1, 0.15) is 23.0 Å². The molecule has 5 rings (SSSR count). The molecule has 0 saturated carbocycles. The van der Waals surface area contributed by atoms with Gasteiger partial charge in [0.15, 0.2) is 22.4 Å². The second kappa shape index (κ2) is 8.52. The van der Waals surface area contributed by atoms with Crippen LogP contribution >= 0.6 is 11.3 Å².